The molecular formula is C12H22N2O2. The molecule has 2 aliphatic rings. The Labute approximate surface area is 97.0 Å². The molecule has 0 aromatic carbocycles. The van der Waals surface area contributed by atoms with Gasteiger partial charge in [0.25, 0.3) is 0 Å². The van der Waals surface area contributed by atoms with Gasteiger partial charge in [-0.3, -0.25) is 9.69 Å². The van der Waals surface area contributed by atoms with Gasteiger partial charge < -0.3 is 10.4 Å². The van der Waals surface area contributed by atoms with Gasteiger partial charge in [0.2, 0.25) is 5.91 Å². The second-order valence-electron chi connectivity index (χ2n) is 5.23. The highest BCUT2D eigenvalue weighted by molar-refractivity contribution is 5.78. The maximum absolute atomic E-state index is 11.8. The molecule has 0 aliphatic heterocycles. The second kappa shape index (κ2) is 5.15. The van der Waals surface area contributed by atoms with Crippen molar-refractivity contribution >= 4 is 5.91 Å². The lowest BCUT2D eigenvalue weighted by Crippen LogP contribution is -2.43. The zero-order chi connectivity index (χ0) is 11.5. The van der Waals surface area contributed by atoms with Crippen molar-refractivity contribution in [1.82, 2.24) is 10.2 Å². The number of rotatable bonds is 7. The molecule has 1 amide bonds. The van der Waals surface area contributed by atoms with Crippen molar-refractivity contribution in [2.24, 2.45) is 11.8 Å². The zero-order valence-corrected chi connectivity index (χ0v) is 9.98. The van der Waals surface area contributed by atoms with Crippen molar-refractivity contribution in [3.63, 3.8) is 0 Å². The summed E-state index contributed by atoms with van der Waals surface area (Å²) >= 11 is 0. The molecule has 0 spiro atoms. The molecule has 16 heavy (non-hydrogen) atoms. The molecule has 92 valence electrons. The van der Waals surface area contributed by atoms with E-state index in [0.717, 1.165) is 11.8 Å². The minimum atomic E-state index is 0.110. The molecule has 0 aromatic rings. The van der Waals surface area contributed by atoms with Gasteiger partial charge in [-0.2, -0.15) is 0 Å². The molecule has 2 saturated carbocycles. The van der Waals surface area contributed by atoms with Gasteiger partial charge in [-0.25, -0.2) is 0 Å². The molecule has 0 aromatic heterocycles. The summed E-state index contributed by atoms with van der Waals surface area (Å²) in [5.41, 5.74) is 0. The molecule has 0 bridgehead atoms. The summed E-state index contributed by atoms with van der Waals surface area (Å²) in [5, 5.41) is 11.9. The number of likely N-dealkylation sites (N-methyl/N-ethyl adjacent to an activating group) is 1. The van der Waals surface area contributed by atoms with Crippen molar-refractivity contribution in [1.29, 1.82) is 0 Å². The second-order valence-corrected chi connectivity index (χ2v) is 5.23. The van der Waals surface area contributed by atoms with Crippen LogP contribution < -0.4 is 5.32 Å². The number of nitrogens with zero attached hydrogens (tertiary/aromatic N) is 1. The van der Waals surface area contributed by atoms with Crippen LogP contribution in [0.1, 0.15) is 25.7 Å². The predicted molar refractivity (Wildman–Crippen MR) is 62.0 cm³/mol. The van der Waals surface area contributed by atoms with Crippen LogP contribution in [0.2, 0.25) is 0 Å². The van der Waals surface area contributed by atoms with Gasteiger partial charge >= 0.3 is 0 Å². The standard InChI is InChI=1S/C12H22N2O2/c1-14(6-7-15)8-11(16)13-12(9-2-3-9)10-4-5-10/h9-10,12,15H,2-8H2,1H3,(H,13,16). The first-order valence-corrected chi connectivity index (χ1v) is 6.29. The predicted octanol–water partition coefficient (Wildman–Crippen LogP) is 0.215. The fourth-order valence-corrected chi connectivity index (χ4v) is 2.26. The van der Waals surface area contributed by atoms with Crippen molar-refractivity contribution < 1.29 is 9.90 Å². The van der Waals surface area contributed by atoms with Crippen LogP contribution in [-0.2, 0) is 4.79 Å². The Morgan fingerprint density at radius 3 is 2.38 bits per heavy atom. The third-order valence-corrected chi connectivity index (χ3v) is 3.48. The van der Waals surface area contributed by atoms with Crippen LogP contribution in [0.5, 0.6) is 0 Å². The van der Waals surface area contributed by atoms with Gasteiger partial charge in [0.1, 0.15) is 0 Å². The molecule has 0 radical (unpaired) electrons. The molecule has 4 nitrogen and oxygen atoms in total. The Kier molecular flexibility index (Phi) is 3.82. The SMILES string of the molecule is CN(CCO)CC(=O)NC(C1CC1)C1CC1. The molecule has 0 saturated heterocycles. The molecular weight excluding hydrogens is 204 g/mol. The number of aliphatic hydroxyl groups is 1. The van der Waals surface area contributed by atoms with E-state index < -0.39 is 0 Å². The molecule has 2 rings (SSSR count). The number of amides is 1. The summed E-state index contributed by atoms with van der Waals surface area (Å²) in [6, 6.07) is 0.440. The Bertz CT molecular complexity index is 237. The summed E-state index contributed by atoms with van der Waals surface area (Å²) in [6.07, 6.45) is 5.14. The van der Waals surface area contributed by atoms with E-state index >= 15 is 0 Å². The van der Waals surface area contributed by atoms with Crippen LogP contribution in [0.4, 0.5) is 0 Å². The molecule has 0 atom stereocenters. The van der Waals surface area contributed by atoms with E-state index in [1.54, 1.807) is 0 Å². The van der Waals surface area contributed by atoms with E-state index in [1.165, 1.54) is 25.7 Å². The Morgan fingerprint density at radius 1 is 1.38 bits per heavy atom. The third kappa shape index (κ3) is 3.46. The van der Waals surface area contributed by atoms with E-state index in [9.17, 15) is 4.79 Å². The molecule has 4 heteroatoms. The normalized spacial score (nSPS) is 20.5. The first kappa shape index (κ1) is 11.9. The largest absolute Gasteiger partial charge is 0.395 e. The van der Waals surface area contributed by atoms with Gasteiger partial charge in [0, 0.05) is 12.6 Å². The number of hydrogen-bond donors (Lipinski definition) is 2. The van der Waals surface area contributed by atoms with Crippen LogP contribution in [0.3, 0.4) is 0 Å². The topological polar surface area (TPSA) is 52.6 Å². The molecule has 0 unspecified atom stereocenters. The minimum Gasteiger partial charge on any atom is -0.395 e. The van der Waals surface area contributed by atoms with Crippen LogP contribution in [0.25, 0.3) is 0 Å². The maximum Gasteiger partial charge on any atom is 0.234 e. The van der Waals surface area contributed by atoms with Crippen LogP contribution >= 0.6 is 0 Å². The zero-order valence-electron chi connectivity index (χ0n) is 9.98. The number of aliphatic hydroxyl groups excluding tert-OH is 1. The average Bonchev–Trinajstić information content (AvgIpc) is 3.08. The lowest BCUT2D eigenvalue weighted by molar-refractivity contribution is -0.123. The van der Waals surface area contributed by atoms with Gasteiger partial charge in [0.15, 0.2) is 0 Å². The molecule has 0 heterocycles. The summed E-state index contributed by atoms with van der Waals surface area (Å²) in [4.78, 5) is 13.6. The maximum atomic E-state index is 11.8. The number of carbonyl (C=O) groups is 1. The van der Waals surface area contributed by atoms with Gasteiger partial charge in [0.05, 0.1) is 13.2 Å². The van der Waals surface area contributed by atoms with Gasteiger partial charge in [-0.1, -0.05) is 0 Å². The minimum absolute atomic E-state index is 0.110. The van der Waals surface area contributed by atoms with Gasteiger partial charge in [-0.15, -0.1) is 0 Å². The van der Waals surface area contributed by atoms with Crippen molar-refractivity contribution in [2.45, 2.75) is 31.7 Å². The number of hydrogen-bond acceptors (Lipinski definition) is 3. The lowest BCUT2D eigenvalue weighted by Gasteiger charge is -2.20. The van der Waals surface area contributed by atoms with Gasteiger partial charge in [-0.05, 0) is 44.6 Å². The summed E-state index contributed by atoms with van der Waals surface area (Å²) in [6.45, 7) is 1.07. The highest BCUT2D eigenvalue weighted by Gasteiger charge is 2.42. The first-order chi connectivity index (χ1) is 7.70. The van der Waals surface area contributed by atoms with E-state index in [-0.39, 0.29) is 12.5 Å². The average molecular weight is 226 g/mol. The monoisotopic (exact) mass is 226 g/mol. The van der Waals surface area contributed by atoms with Crippen molar-refractivity contribution in [3.8, 4) is 0 Å². The highest BCUT2D eigenvalue weighted by Crippen LogP contribution is 2.44. The van der Waals surface area contributed by atoms with E-state index in [0.29, 0.717) is 19.1 Å². The van der Waals surface area contributed by atoms with Crippen LogP contribution in [0, 0.1) is 11.8 Å². The van der Waals surface area contributed by atoms with E-state index in [1.807, 2.05) is 11.9 Å². The highest BCUT2D eigenvalue weighted by atomic mass is 16.3. The molecule has 2 aliphatic carbocycles. The summed E-state index contributed by atoms with van der Waals surface area (Å²) in [5.74, 6) is 1.61. The van der Waals surface area contributed by atoms with E-state index in [4.69, 9.17) is 5.11 Å². The number of nitrogens with one attached hydrogen (secondary N) is 1. The quantitative estimate of drug-likeness (QED) is 0.653. The van der Waals surface area contributed by atoms with Crippen molar-refractivity contribution in [2.75, 3.05) is 26.7 Å². The Balaban J connectivity index is 1.72. The Hall–Kier alpha value is -0.610. The van der Waals surface area contributed by atoms with Crippen LogP contribution in [-0.4, -0.2) is 48.7 Å². The number of carbonyl (C=O) groups excluding carboxylic acids is 1. The van der Waals surface area contributed by atoms with E-state index in [2.05, 4.69) is 5.32 Å². The molecule has 2 fully saturated rings. The summed E-state index contributed by atoms with van der Waals surface area (Å²) < 4.78 is 0. The summed E-state index contributed by atoms with van der Waals surface area (Å²) in [7, 11) is 1.86. The fraction of sp³-hybridized carbons (Fsp3) is 0.917. The smallest absolute Gasteiger partial charge is 0.234 e. The first-order valence-electron chi connectivity index (χ1n) is 6.29. The van der Waals surface area contributed by atoms with Crippen LogP contribution in [0.15, 0.2) is 0 Å². The molecule has 2 N–H and O–H groups in total. The Morgan fingerprint density at radius 2 is 1.94 bits per heavy atom. The van der Waals surface area contributed by atoms with Crippen molar-refractivity contribution in [3.05, 3.63) is 0 Å². The lowest BCUT2D eigenvalue weighted by atomic mass is 10.1. The third-order valence-electron chi connectivity index (χ3n) is 3.48. The fourth-order valence-electron chi connectivity index (χ4n) is 2.26.